The molecule has 13 heavy (non-hydrogen) atoms. The normalized spacial score (nSPS) is 10.3. The van der Waals surface area contributed by atoms with Gasteiger partial charge in [0.1, 0.15) is 0 Å². The van der Waals surface area contributed by atoms with Gasteiger partial charge < -0.3 is 4.52 Å². The molecule has 0 saturated carbocycles. The van der Waals surface area contributed by atoms with Gasteiger partial charge in [0.2, 0.25) is 0 Å². The Hall–Kier alpha value is -1.35. The zero-order valence-corrected chi connectivity index (χ0v) is 7.75. The summed E-state index contributed by atoms with van der Waals surface area (Å²) in [6.45, 7) is 1.98. The smallest absolute Gasteiger partial charge is 0.264 e. The summed E-state index contributed by atoms with van der Waals surface area (Å²) >= 11 is 5.55. The van der Waals surface area contributed by atoms with E-state index in [1.54, 1.807) is 0 Å². The Morgan fingerprint density at radius 3 is 2.69 bits per heavy atom. The quantitative estimate of drug-likeness (QED) is 0.701. The van der Waals surface area contributed by atoms with E-state index in [-0.39, 0.29) is 5.28 Å². The third-order valence-electron chi connectivity index (χ3n) is 1.78. The van der Waals surface area contributed by atoms with Crippen molar-refractivity contribution >= 4 is 11.6 Å². The van der Waals surface area contributed by atoms with Crippen molar-refractivity contribution in [3.63, 3.8) is 0 Å². The number of benzene rings is 1. The van der Waals surface area contributed by atoms with Crippen molar-refractivity contribution in [1.82, 2.24) is 10.1 Å². The molecule has 0 atom stereocenters. The van der Waals surface area contributed by atoms with Crippen LogP contribution in [0.5, 0.6) is 0 Å². The van der Waals surface area contributed by atoms with Gasteiger partial charge in [-0.3, -0.25) is 0 Å². The molecule has 0 radical (unpaired) electrons. The van der Waals surface area contributed by atoms with Crippen LogP contribution in [0.2, 0.25) is 5.28 Å². The van der Waals surface area contributed by atoms with Crippen molar-refractivity contribution in [3.8, 4) is 11.5 Å². The molecule has 0 spiro atoms. The molecule has 2 aromatic rings. The molecule has 1 aromatic carbocycles. The maximum atomic E-state index is 5.55. The first kappa shape index (κ1) is 8.26. The van der Waals surface area contributed by atoms with Gasteiger partial charge in [-0.1, -0.05) is 18.2 Å². The topological polar surface area (TPSA) is 38.9 Å². The zero-order chi connectivity index (χ0) is 9.26. The molecule has 3 nitrogen and oxygen atoms in total. The summed E-state index contributed by atoms with van der Waals surface area (Å²) in [6.07, 6.45) is 0. The monoisotopic (exact) mass is 194 g/mol. The number of hydrogen-bond acceptors (Lipinski definition) is 3. The van der Waals surface area contributed by atoms with Crippen molar-refractivity contribution < 1.29 is 4.52 Å². The number of aromatic nitrogens is 2. The predicted molar refractivity (Wildman–Crippen MR) is 49.5 cm³/mol. The first-order valence-corrected chi connectivity index (χ1v) is 4.20. The highest BCUT2D eigenvalue weighted by atomic mass is 35.5. The summed E-state index contributed by atoms with van der Waals surface area (Å²) in [7, 11) is 0. The number of hydrogen-bond donors (Lipinski definition) is 0. The number of rotatable bonds is 1. The van der Waals surface area contributed by atoms with Crippen LogP contribution in [-0.2, 0) is 0 Å². The van der Waals surface area contributed by atoms with E-state index in [2.05, 4.69) is 10.1 Å². The molecule has 1 aromatic heterocycles. The second kappa shape index (κ2) is 3.18. The molecule has 0 aliphatic heterocycles. The Kier molecular flexibility index (Phi) is 2.02. The van der Waals surface area contributed by atoms with Crippen LogP contribution in [0.1, 0.15) is 5.56 Å². The standard InChI is InChI=1S/C9H7ClN2O/c1-6-4-2-3-5-7(6)8-11-9(10)12-13-8/h2-5H,1H3. The summed E-state index contributed by atoms with van der Waals surface area (Å²) in [6, 6.07) is 7.77. The van der Waals surface area contributed by atoms with Gasteiger partial charge >= 0.3 is 0 Å². The van der Waals surface area contributed by atoms with Crippen LogP contribution in [0.15, 0.2) is 28.8 Å². The van der Waals surface area contributed by atoms with E-state index in [1.165, 1.54) is 0 Å². The molecule has 66 valence electrons. The van der Waals surface area contributed by atoms with Crippen LogP contribution in [0, 0.1) is 6.92 Å². The highest BCUT2D eigenvalue weighted by Crippen LogP contribution is 2.21. The minimum atomic E-state index is 0.137. The lowest BCUT2D eigenvalue weighted by molar-refractivity contribution is 0.430. The summed E-state index contributed by atoms with van der Waals surface area (Å²) < 4.78 is 4.94. The highest BCUT2D eigenvalue weighted by molar-refractivity contribution is 6.28. The van der Waals surface area contributed by atoms with E-state index < -0.39 is 0 Å². The minimum absolute atomic E-state index is 0.137. The van der Waals surface area contributed by atoms with Gasteiger partial charge in [0.25, 0.3) is 11.2 Å². The van der Waals surface area contributed by atoms with Crippen LogP contribution in [0.4, 0.5) is 0 Å². The zero-order valence-electron chi connectivity index (χ0n) is 6.99. The molecular formula is C9H7ClN2O. The summed E-state index contributed by atoms with van der Waals surface area (Å²) in [4.78, 5) is 3.93. The van der Waals surface area contributed by atoms with Crippen molar-refractivity contribution in [2.75, 3.05) is 0 Å². The Balaban J connectivity index is 2.52. The Morgan fingerprint density at radius 2 is 2.08 bits per heavy atom. The van der Waals surface area contributed by atoms with Gasteiger partial charge in [-0.2, -0.15) is 4.98 Å². The second-order valence-electron chi connectivity index (χ2n) is 2.68. The molecule has 0 unspecified atom stereocenters. The average molecular weight is 195 g/mol. The third kappa shape index (κ3) is 1.55. The Labute approximate surface area is 80.3 Å². The first-order valence-electron chi connectivity index (χ1n) is 3.82. The highest BCUT2D eigenvalue weighted by Gasteiger charge is 2.08. The molecule has 0 saturated heterocycles. The predicted octanol–water partition coefficient (Wildman–Crippen LogP) is 2.70. The van der Waals surface area contributed by atoms with E-state index in [4.69, 9.17) is 16.1 Å². The van der Waals surface area contributed by atoms with Crippen molar-refractivity contribution in [1.29, 1.82) is 0 Å². The van der Waals surface area contributed by atoms with Crippen molar-refractivity contribution in [2.24, 2.45) is 0 Å². The van der Waals surface area contributed by atoms with E-state index in [0.717, 1.165) is 11.1 Å². The third-order valence-corrected chi connectivity index (χ3v) is 1.93. The number of aryl methyl sites for hydroxylation is 1. The van der Waals surface area contributed by atoms with Crippen LogP contribution >= 0.6 is 11.6 Å². The van der Waals surface area contributed by atoms with E-state index in [1.807, 2.05) is 31.2 Å². The van der Waals surface area contributed by atoms with Crippen LogP contribution in [0.25, 0.3) is 11.5 Å². The van der Waals surface area contributed by atoms with E-state index >= 15 is 0 Å². The summed E-state index contributed by atoms with van der Waals surface area (Å²) in [5, 5.41) is 3.65. The van der Waals surface area contributed by atoms with Gasteiger partial charge in [0.05, 0.1) is 0 Å². The fourth-order valence-corrected chi connectivity index (χ4v) is 1.24. The van der Waals surface area contributed by atoms with Gasteiger partial charge in [-0.25, -0.2) is 0 Å². The lowest BCUT2D eigenvalue weighted by Crippen LogP contribution is -1.81. The van der Waals surface area contributed by atoms with Gasteiger partial charge in [0, 0.05) is 5.56 Å². The molecule has 2 rings (SSSR count). The SMILES string of the molecule is Cc1ccccc1-c1nc(Cl)no1. The molecular weight excluding hydrogens is 188 g/mol. The van der Waals surface area contributed by atoms with Crippen LogP contribution in [-0.4, -0.2) is 10.1 Å². The lowest BCUT2D eigenvalue weighted by Gasteiger charge is -1.97. The van der Waals surface area contributed by atoms with E-state index in [9.17, 15) is 0 Å². The van der Waals surface area contributed by atoms with E-state index in [0.29, 0.717) is 5.89 Å². The van der Waals surface area contributed by atoms with Crippen LogP contribution in [0.3, 0.4) is 0 Å². The molecule has 0 bridgehead atoms. The minimum Gasteiger partial charge on any atom is -0.333 e. The van der Waals surface area contributed by atoms with Gasteiger partial charge in [0.15, 0.2) is 0 Å². The molecule has 0 fully saturated rings. The largest absolute Gasteiger partial charge is 0.333 e. The average Bonchev–Trinajstić information content (AvgIpc) is 2.53. The van der Waals surface area contributed by atoms with Crippen molar-refractivity contribution in [2.45, 2.75) is 6.92 Å². The fourth-order valence-electron chi connectivity index (χ4n) is 1.13. The number of halogens is 1. The van der Waals surface area contributed by atoms with Crippen molar-refractivity contribution in [3.05, 3.63) is 35.1 Å². The lowest BCUT2D eigenvalue weighted by atomic mass is 10.1. The molecule has 0 N–H and O–H groups in total. The van der Waals surface area contributed by atoms with Crippen LogP contribution < -0.4 is 0 Å². The molecule has 0 aliphatic rings. The fraction of sp³-hybridized carbons (Fsp3) is 0.111. The Bertz CT molecular complexity index is 425. The molecule has 0 amide bonds. The first-order chi connectivity index (χ1) is 6.27. The maximum absolute atomic E-state index is 5.55. The molecule has 0 aliphatic carbocycles. The summed E-state index contributed by atoms with van der Waals surface area (Å²) in [5.41, 5.74) is 2.00. The van der Waals surface area contributed by atoms with Gasteiger partial charge in [-0.05, 0) is 35.3 Å². The Morgan fingerprint density at radius 1 is 1.31 bits per heavy atom. The maximum Gasteiger partial charge on any atom is 0.264 e. The second-order valence-corrected chi connectivity index (χ2v) is 3.02. The number of nitrogens with zero attached hydrogens (tertiary/aromatic N) is 2. The molecule has 1 heterocycles. The molecule has 4 heteroatoms. The van der Waals surface area contributed by atoms with Gasteiger partial charge in [-0.15, -0.1) is 0 Å². The summed E-state index contributed by atoms with van der Waals surface area (Å²) in [5.74, 6) is 0.461.